The molecule has 0 rings (SSSR count). The first kappa shape index (κ1) is 13.3. The molecule has 2 atom stereocenters. The monoisotopic (exact) mass is 204 g/mol. The third-order valence-corrected chi connectivity index (χ3v) is 2.33. The van der Waals surface area contributed by atoms with Crippen molar-refractivity contribution in [2.45, 2.75) is 25.8 Å². The predicted molar refractivity (Wildman–Crippen MR) is 55.1 cm³/mol. The molecule has 4 N–H and O–H groups in total. The molecule has 0 aromatic heterocycles. The van der Waals surface area contributed by atoms with E-state index in [0.717, 1.165) is 6.92 Å². The minimum atomic E-state index is -2.80. The molecule has 0 heterocycles. The average Bonchev–Trinajstić information content (AvgIpc) is 2.10. The van der Waals surface area contributed by atoms with Crippen molar-refractivity contribution >= 4 is 0 Å². The van der Waals surface area contributed by atoms with Gasteiger partial charge in [0, 0.05) is 18.5 Å². The molecule has 0 spiro atoms. The van der Waals surface area contributed by atoms with Crippen LogP contribution in [0.2, 0.25) is 0 Å². The first-order valence-corrected chi connectivity index (χ1v) is 4.49. The molecule has 0 aliphatic rings. The van der Waals surface area contributed by atoms with Gasteiger partial charge in [0.1, 0.15) is 0 Å². The molecule has 0 fully saturated rings. The van der Waals surface area contributed by atoms with E-state index in [1.165, 1.54) is 13.0 Å². The van der Waals surface area contributed by atoms with Crippen molar-refractivity contribution in [1.29, 1.82) is 0 Å². The van der Waals surface area contributed by atoms with Crippen LogP contribution in [0.4, 0.5) is 8.78 Å². The predicted octanol–water partition coefficient (Wildman–Crippen LogP) is 1.68. The Hall–Kier alpha value is -0.740. The highest BCUT2D eigenvalue weighted by Crippen LogP contribution is 2.27. The van der Waals surface area contributed by atoms with Gasteiger partial charge in [-0.05, 0) is 12.5 Å². The molecular formula is C10H18F2N2. The number of halogens is 2. The van der Waals surface area contributed by atoms with Crippen molar-refractivity contribution in [3.63, 3.8) is 0 Å². The van der Waals surface area contributed by atoms with Crippen molar-refractivity contribution in [1.82, 2.24) is 0 Å². The summed E-state index contributed by atoms with van der Waals surface area (Å²) in [4.78, 5) is 0. The van der Waals surface area contributed by atoms with Gasteiger partial charge in [0.2, 0.25) is 5.92 Å². The molecule has 0 radical (unpaired) electrons. The van der Waals surface area contributed by atoms with Gasteiger partial charge in [0.15, 0.2) is 0 Å². The highest BCUT2D eigenvalue weighted by atomic mass is 19.3. The van der Waals surface area contributed by atoms with Gasteiger partial charge in [-0.25, -0.2) is 8.78 Å². The Kier molecular flexibility index (Phi) is 4.94. The van der Waals surface area contributed by atoms with Crippen LogP contribution in [-0.4, -0.2) is 18.5 Å². The van der Waals surface area contributed by atoms with E-state index in [0.29, 0.717) is 5.57 Å². The quantitative estimate of drug-likeness (QED) is 0.669. The fraction of sp³-hybridized carbons (Fsp3) is 0.600. The van der Waals surface area contributed by atoms with Crippen molar-refractivity contribution in [3.8, 4) is 0 Å². The second kappa shape index (κ2) is 5.22. The van der Waals surface area contributed by atoms with Crippen LogP contribution < -0.4 is 11.5 Å². The topological polar surface area (TPSA) is 52.0 Å². The number of nitrogens with two attached hydrogens (primary N) is 2. The first-order valence-electron chi connectivity index (χ1n) is 4.49. The van der Waals surface area contributed by atoms with E-state index in [9.17, 15) is 8.78 Å². The summed E-state index contributed by atoms with van der Waals surface area (Å²) in [6.07, 6.45) is 3.09. The third-order valence-electron chi connectivity index (χ3n) is 2.33. The number of hydrogen-bond donors (Lipinski definition) is 2. The van der Waals surface area contributed by atoms with Crippen molar-refractivity contribution in [3.05, 3.63) is 24.3 Å². The first-order chi connectivity index (χ1) is 6.34. The number of alkyl halides is 2. The zero-order valence-corrected chi connectivity index (χ0v) is 8.63. The lowest BCUT2D eigenvalue weighted by Gasteiger charge is -2.27. The lowest BCUT2D eigenvalue weighted by atomic mass is 9.90. The summed E-state index contributed by atoms with van der Waals surface area (Å²) in [6, 6.07) is -0.724. The van der Waals surface area contributed by atoms with Gasteiger partial charge in [0.25, 0.3) is 0 Å². The van der Waals surface area contributed by atoms with Gasteiger partial charge < -0.3 is 11.5 Å². The molecular weight excluding hydrogens is 186 g/mol. The highest BCUT2D eigenvalue weighted by Gasteiger charge is 2.35. The Morgan fingerprint density at radius 2 is 2.07 bits per heavy atom. The Labute approximate surface area is 83.7 Å². The smallest absolute Gasteiger partial charge is 0.249 e. The fourth-order valence-electron chi connectivity index (χ4n) is 1.10. The maximum absolute atomic E-state index is 12.9. The summed E-state index contributed by atoms with van der Waals surface area (Å²) in [6.45, 7) is 5.93. The molecule has 0 aromatic rings. The maximum atomic E-state index is 12.9. The Balaban J connectivity index is 4.67. The van der Waals surface area contributed by atoms with Crippen LogP contribution >= 0.6 is 0 Å². The van der Waals surface area contributed by atoms with E-state index in [-0.39, 0.29) is 6.54 Å². The Morgan fingerprint density at radius 3 is 2.36 bits per heavy atom. The van der Waals surface area contributed by atoms with Crippen LogP contribution in [0.3, 0.4) is 0 Å². The van der Waals surface area contributed by atoms with E-state index in [2.05, 4.69) is 6.58 Å². The van der Waals surface area contributed by atoms with E-state index in [1.807, 2.05) is 0 Å². The number of allylic oxidation sites excluding steroid dienone is 2. The molecule has 1 unspecified atom stereocenters. The lowest BCUT2D eigenvalue weighted by Crippen LogP contribution is -2.41. The van der Waals surface area contributed by atoms with Gasteiger partial charge in [-0.3, -0.25) is 0 Å². The van der Waals surface area contributed by atoms with Crippen LogP contribution in [-0.2, 0) is 0 Å². The van der Waals surface area contributed by atoms with Gasteiger partial charge >= 0.3 is 0 Å². The van der Waals surface area contributed by atoms with Crippen LogP contribution in [0, 0.1) is 5.92 Å². The molecule has 0 aliphatic carbocycles. The molecule has 0 amide bonds. The SMILES string of the molecule is C=C/C=C(/CN)C(N)[C@H](C)C(C)(F)F. The molecule has 4 heteroatoms. The largest absolute Gasteiger partial charge is 0.327 e. The van der Waals surface area contributed by atoms with E-state index < -0.39 is 17.9 Å². The van der Waals surface area contributed by atoms with E-state index in [1.54, 1.807) is 6.08 Å². The highest BCUT2D eigenvalue weighted by molar-refractivity contribution is 5.19. The van der Waals surface area contributed by atoms with Crippen LogP contribution in [0.25, 0.3) is 0 Å². The van der Waals surface area contributed by atoms with Crippen molar-refractivity contribution in [2.75, 3.05) is 6.54 Å². The molecule has 0 aromatic carbocycles. The summed E-state index contributed by atoms with van der Waals surface area (Å²) >= 11 is 0. The normalized spacial score (nSPS) is 17.7. The summed E-state index contributed by atoms with van der Waals surface area (Å²) in [5, 5.41) is 0. The number of rotatable bonds is 5. The van der Waals surface area contributed by atoms with Gasteiger partial charge in [-0.2, -0.15) is 0 Å². The van der Waals surface area contributed by atoms with Crippen LogP contribution in [0.15, 0.2) is 24.3 Å². The van der Waals surface area contributed by atoms with Crippen molar-refractivity contribution in [2.24, 2.45) is 17.4 Å². The molecule has 0 saturated carbocycles. The minimum Gasteiger partial charge on any atom is -0.327 e. The van der Waals surface area contributed by atoms with Crippen molar-refractivity contribution < 1.29 is 8.78 Å². The molecule has 0 aliphatic heterocycles. The lowest BCUT2D eigenvalue weighted by molar-refractivity contribution is -0.0376. The van der Waals surface area contributed by atoms with E-state index >= 15 is 0 Å². The van der Waals surface area contributed by atoms with Gasteiger partial charge in [-0.15, -0.1) is 0 Å². The molecule has 0 bridgehead atoms. The molecule has 0 saturated heterocycles. The summed E-state index contributed by atoms with van der Waals surface area (Å²) in [5.74, 6) is -3.73. The average molecular weight is 204 g/mol. The maximum Gasteiger partial charge on any atom is 0.249 e. The third kappa shape index (κ3) is 3.55. The minimum absolute atomic E-state index is 0.174. The van der Waals surface area contributed by atoms with Crippen LogP contribution in [0.5, 0.6) is 0 Å². The fourth-order valence-corrected chi connectivity index (χ4v) is 1.10. The zero-order chi connectivity index (χ0) is 11.4. The van der Waals surface area contributed by atoms with Crippen LogP contribution in [0.1, 0.15) is 13.8 Å². The number of hydrogen-bond acceptors (Lipinski definition) is 2. The second-order valence-electron chi connectivity index (χ2n) is 3.45. The van der Waals surface area contributed by atoms with Gasteiger partial charge in [-0.1, -0.05) is 25.7 Å². The Bertz CT molecular complexity index is 219. The Morgan fingerprint density at radius 1 is 1.57 bits per heavy atom. The second-order valence-corrected chi connectivity index (χ2v) is 3.45. The molecule has 82 valence electrons. The molecule has 14 heavy (non-hydrogen) atoms. The summed E-state index contributed by atoms with van der Waals surface area (Å²) in [7, 11) is 0. The van der Waals surface area contributed by atoms with Gasteiger partial charge in [0.05, 0.1) is 0 Å². The summed E-state index contributed by atoms with van der Waals surface area (Å²) in [5.41, 5.74) is 11.7. The summed E-state index contributed by atoms with van der Waals surface area (Å²) < 4.78 is 25.9. The molecule has 2 nitrogen and oxygen atoms in total. The van der Waals surface area contributed by atoms with E-state index in [4.69, 9.17) is 11.5 Å². The standard InChI is InChI=1S/C10H18F2N2/c1-4-5-8(6-13)9(14)7(2)10(3,11)12/h4-5,7,9H,1,6,13-14H2,2-3H3/b8-5-/t7-,9?/m0/s1. The zero-order valence-electron chi connectivity index (χ0n) is 8.63.